The lowest BCUT2D eigenvalue weighted by atomic mass is 10.2. The minimum atomic E-state index is -0.211. The van der Waals surface area contributed by atoms with Crippen molar-refractivity contribution in [3.05, 3.63) is 21.9 Å². The Morgan fingerprint density at radius 3 is 2.87 bits per heavy atom. The zero-order valence-corrected chi connectivity index (χ0v) is 10.1. The van der Waals surface area contributed by atoms with E-state index >= 15 is 0 Å². The normalized spacial score (nSPS) is 11.1. The van der Waals surface area contributed by atoms with Gasteiger partial charge in [-0.05, 0) is 37.9 Å². The lowest BCUT2D eigenvalue weighted by Gasteiger charge is -2.20. The fourth-order valence-corrected chi connectivity index (χ4v) is 1.99. The van der Waals surface area contributed by atoms with Crippen molar-refractivity contribution in [3.8, 4) is 0 Å². The molecule has 0 fully saturated rings. The monoisotopic (exact) mass is 227 g/mol. The first kappa shape index (κ1) is 12.2. The predicted molar refractivity (Wildman–Crippen MR) is 62.6 cm³/mol. The second-order valence-electron chi connectivity index (χ2n) is 3.76. The summed E-state index contributed by atoms with van der Waals surface area (Å²) in [6.45, 7) is 5.01. The highest BCUT2D eigenvalue weighted by Crippen LogP contribution is 2.18. The molecule has 1 amide bonds. The van der Waals surface area contributed by atoms with Crippen molar-refractivity contribution in [1.29, 1.82) is 0 Å². The van der Waals surface area contributed by atoms with E-state index in [1.807, 2.05) is 18.5 Å². The number of hydrogen-bond donors (Lipinski definition) is 2. The minimum Gasteiger partial charge on any atom is -0.300 e. The third-order valence-corrected chi connectivity index (χ3v) is 3.34. The Balaban J connectivity index is 2.77. The lowest BCUT2D eigenvalue weighted by Crippen LogP contribution is -2.31. The SMILES string of the molecule is CC(C)N(C)Cc1ccsc1C(=O)NN. The fraction of sp³-hybridized carbons (Fsp3) is 0.500. The summed E-state index contributed by atoms with van der Waals surface area (Å²) in [5.74, 6) is 4.91. The van der Waals surface area contributed by atoms with Gasteiger partial charge in [-0.25, -0.2) is 5.84 Å². The maximum Gasteiger partial charge on any atom is 0.275 e. The van der Waals surface area contributed by atoms with Crippen LogP contribution in [0, 0.1) is 0 Å². The van der Waals surface area contributed by atoms with Crippen LogP contribution in [0.25, 0.3) is 0 Å². The van der Waals surface area contributed by atoms with Crippen LogP contribution in [0.15, 0.2) is 11.4 Å². The predicted octanol–water partition coefficient (Wildman–Crippen LogP) is 1.19. The Hall–Kier alpha value is -0.910. The molecule has 0 radical (unpaired) electrons. The van der Waals surface area contributed by atoms with E-state index < -0.39 is 0 Å². The number of nitrogens with two attached hydrogens (primary N) is 1. The minimum absolute atomic E-state index is 0.211. The molecule has 1 heterocycles. The lowest BCUT2D eigenvalue weighted by molar-refractivity contribution is 0.0955. The third-order valence-electron chi connectivity index (χ3n) is 2.39. The van der Waals surface area contributed by atoms with E-state index in [0.717, 1.165) is 12.1 Å². The van der Waals surface area contributed by atoms with Gasteiger partial charge in [-0.3, -0.25) is 15.1 Å². The molecule has 0 aliphatic carbocycles. The molecule has 0 saturated carbocycles. The van der Waals surface area contributed by atoms with Gasteiger partial charge in [0.1, 0.15) is 0 Å². The molecule has 1 aromatic heterocycles. The van der Waals surface area contributed by atoms with Crippen molar-refractivity contribution >= 4 is 17.2 Å². The molecule has 0 bridgehead atoms. The van der Waals surface area contributed by atoms with Gasteiger partial charge in [-0.2, -0.15) is 0 Å². The van der Waals surface area contributed by atoms with E-state index in [0.29, 0.717) is 10.9 Å². The Kier molecular flexibility index (Phi) is 4.26. The molecule has 3 N–H and O–H groups in total. The summed E-state index contributed by atoms with van der Waals surface area (Å²) in [5.41, 5.74) is 3.19. The quantitative estimate of drug-likeness (QED) is 0.461. The summed E-state index contributed by atoms with van der Waals surface area (Å²) >= 11 is 1.42. The highest BCUT2D eigenvalue weighted by molar-refractivity contribution is 7.12. The van der Waals surface area contributed by atoms with Gasteiger partial charge in [0.25, 0.3) is 5.91 Å². The highest BCUT2D eigenvalue weighted by Gasteiger charge is 2.14. The topological polar surface area (TPSA) is 58.4 Å². The van der Waals surface area contributed by atoms with E-state index in [1.54, 1.807) is 0 Å². The number of nitrogens with zero attached hydrogens (tertiary/aromatic N) is 1. The number of rotatable bonds is 4. The van der Waals surface area contributed by atoms with Gasteiger partial charge in [-0.1, -0.05) is 0 Å². The van der Waals surface area contributed by atoms with E-state index in [9.17, 15) is 4.79 Å². The van der Waals surface area contributed by atoms with E-state index in [2.05, 4.69) is 24.2 Å². The number of nitrogens with one attached hydrogen (secondary N) is 1. The van der Waals surface area contributed by atoms with Crippen LogP contribution in [-0.4, -0.2) is 23.9 Å². The largest absolute Gasteiger partial charge is 0.300 e. The molecule has 0 aromatic carbocycles. The Morgan fingerprint density at radius 1 is 1.67 bits per heavy atom. The third kappa shape index (κ3) is 3.02. The second-order valence-corrected chi connectivity index (χ2v) is 4.67. The van der Waals surface area contributed by atoms with E-state index in [4.69, 9.17) is 5.84 Å². The molecule has 84 valence electrons. The summed E-state index contributed by atoms with van der Waals surface area (Å²) in [6.07, 6.45) is 0. The number of nitrogen functional groups attached to an aromatic ring is 1. The molecule has 0 unspecified atom stereocenters. The number of carbonyl (C=O) groups excluding carboxylic acids is 1. The van der Waals surface area contributed by atoms with Gasteiger partial charge >= 0.3 is 0 Å². The van der Waals surface area contributed by atoms with Crippen LogP contribution < -0.4 is 11.3 Å². The van der Waals surface area contributed by atoms with Crippen LogP contribution in [-0.2, 0) is 6.54 Å². The van der Waals surface area contributed by atoms with Gasteiger partial charge in [0.2, 0.25) is 0 Å². The summed E-state index contributed by atoms with van der Waals surface area (Å²) < 4.78 is 0. The first-order valence-electron chi connectivity index (χ1n) is 4.83. The average Bonchev–Trinajstić information content (AvgIpc) is 2.64. The van der Waals surface area contributed by atoms with Gasteiger partial charge in [0, 0.05) is 12.6 Å². The maximum atomic E-state index is 11.4. The van der Waals surface area contributed by atoms with Crippen LogP contribution in [0.1, 0.15) is 29.1 Å². The maximum absolute atomic E-state index is 11.4. The smallest absolute Gasteiger partial charge is 0.275 e. The molecule has 5 heteroatoms. The first-order chi connectivity index (χ1) is 7.06. The fourth-order valence-electron chi connectivity index (χ4n) is 1.18. The van der Waals surface area contributed by atoms with Crippen LogP contribution in [0.5, 0.6) is 0 Å². The molecule has 1 aromatic rings. The molecule has 0 saturated heterocycles. The molecule has 0 aliphatic heterocycles. The van der Waals surface area contributed by atoms with Crippen LogP contribution in [0.4, 0.5) is 0 Å². The average molecular weight is 227 g/mol. The zero-order chi connectivity index (χ0) is 11.4. The molecule has 0 aliphatic rings. The molecule has 15 heavy (non-hydrogen) atoms. The van der Waals surface area contributed by atoms with Crippen LogP contribution in [0.2, 0.25) is 0 Å². The summed E-state index contributed by atoms with van der Waals surface area (Å²) in [6, 6.07) is 2.42. The van der Waals surface area contributed by atoms with Crippen molar-refractivity contribution in [2.24, 2.45) is 5.84 Å². The number of amides is 1. The Labute approximate surface area is 94.0 Å². The standard InChI is InChI=1S/C10H17N3OS/c1-7(2)13(3)6-8-4-5-15-9(8)10(14)12-11/h4-5,7H,6,11H2,1-3H3,(H,12,14). The number of hydrogen-bond acceptors (Lipinski definition) is 4. The van der Waals surface area contributed by atoms with Gasteiger partial charge in [-0.15, -0.1) is 11.3 Å². The van der Waals surface area contributed by atoms with Crippen molar-refractivity contribution < 1.29 is 4.79 Å². The molecule has 0 atom stereocenters. The Morgan fingerprint density at radius 2 is 2.33 bits per heavy atom. The van der Waals surface area contributed by atoms with Crippen molar-refractivity contribution in [2.45, 2.75) is 26.4 Å². The zero-order valence-electron chi connectivity index (χ0n) is 9.28. The highest BCUT2D eigenvalue weighted by atomic mass is 32.1. The van der Waals surface area contributed by atoms with Gasteiger partial charge in [0.05, 0.1) is 4.88 Å². The molecular formula is C10H17N3OS. The van der Waals surface area contributed by atoms with Gasteiger partial charge in [0.15, 0.2) is 0 Å². The van der Waals surface area contributed by atoms with Gasteiger partial charge < -0.3 is 0 Å². The number of carbonyl (C=O) groups is 1. The molecule has 1 rings (SSSR count). The molecule has 0 spiro atoms. The van der Waals surface area contributed by atoms with Crippen molar-refractivity contribution in [3.63, 3.8) is 0 Å². The van der Waals surface area contributed by atoms with E-state index in [1.165, 1.54) is 11.3 Å². The first-order valence-corrected chi connectivity index (χ1v) is 5.71. The van der Waals surface area contributed by atoms with Crippen LogP contribution in [0.3, 0.4) is 0 Å². The van der Waals surface area contributed by atoms with Crippen LogP contribution >= 0.6 is 11.3 Å². The van der Waals surface area contributed by atoms with Crippen molar-refractivity contribution in [1.82, 2.24) is 10.3 Å². The van der Waals surface area contributed by atoms with E-state index in [-0.39, 0.29) is 5.91 Å². The van der Waals surface area contributed by atoms with Crippen molar-refractivity contribution in [2.75, 3.05) is 7.05 Å². The molecule has 4 nitrogen and oxygen atoms in total. The summed E-state index contributed by atoms with van der Waals surface area (Å²) in [7, 11) is 2.03. The summed E-state index contributed by atoms with van der Waals surface area (Å²) in [5, 5.41) is 1.91. The number of hydrazine groups is 1. The number of thiophene rings is 1. The Bertz CT molecular complexity index is 335. The molecular weight excluding hydrogens is 210 g/mol. The summed E-state index contributed by atoms with van der Waals surface area (Å²) in [4.78, 5) is 14.3. The second kappa shape index (κ2) is 5.25.